The Hall–Kier alpha value is -2.45. The molecule has 164 valence electrons. The highest BCUT2D eigenvalue weighted by atomic mass is 32.1. The summed E-state index contributed by atoms with van der Waals surface area (Å²) in [7, 11) is 0. The minimum atomic E-state index is -0.0792. The van der Waals surface area contributed by atoms with E-state index in [1.807, 2.05) is 19.9 Å². The lowest BCUT2D eigenvalue weighted by Crippen LogP contribution is -2.42. The average Bonchev–Trinajstić information content (AvgIpc) is 3.20. The van der Waals surface area contributed by atoms with Crippen molar-refractivity contribution in [2.45, 2.75) is 33.7 Å². The summed E-state index contributed by atoms with van der Waals surface area (Å²) in [4.78, 5) is 24.2. The van der Waals surface area contributed by atoms with Gasteiger partial charge in [0.2, 0.25) is 0 Å². The predicted molar refractivity (Wildman–Crippen MR) is 125 cm³/mol. The van der Waals surface area contributed by atoms with Gasteiger partial charge in [-0.3, -0.25) is 14.7 Å². The molecule has 0 spiro atoms. The van der Waals surface area contributed by atoms with Crippen molar-refractivity contribution in [3.05, 3.63) is 52.0 Å². The van der Waals surface area contributed by atoms with Crippen LogP contribution in [-0.2, 0) is 0 Å². The Balaban J connectivity index is 1.94. The second kappa shape index (κ2) is 13.0. The van der Waals surface area contributed by atoms with Gasteiger partial charge in [0.1, 0.15) is 4.88 Å². The second-order valence-electron chi connectivity index (χ2n) is 6.82. The normalized spacial score (nSPS) is 12.6. The monoisotopic (exact) mass is 430 g/mol. The van der Waals surface area contributed by atoms with Crippen LogP contribution >= 0.6 is 11.3 Å². The highest BCUT2D eigenvalue weighted by Gasteiger charge is 2.17. The standard InChI is InChI=1S/C22H34N6OS/c1-5-23-22(25-14-13-24-21(29)20-17(4)27-16-30-20)26-15-19(28(6-2)7-3)18-11-9-8-10-12-18/h8-12,16,19H,5-7,13-15H2,1-4H3,(H,24,29)(H2,23,25,26). The molecule has 0 aliphatic rings. The molecule has 0 aliphatic carbocycles. The molecular formula is C22H34N6OS. The van der Waals surface area contributed by atoms with E-state index in [4.69, 9.17) is 4.99 Å². The van der Waals surface area contributed by atoms with Gasteiger partial charge in [-0.15, -0.1) is 11.3 Å². The molecule has 7 nitrogen and oxygen atoms in total. The number of hydrogen-bond donors (Lipinski definition) is 3. The van der Waals surface area contributed by atoms with Gasteiger partial charge in [-0.25, -0.2) is 4.98 Å². The smallest absolute Gasteiger partial charge is 0.263 e. The fourth-order valence-electron chi connectivity index (χ4n) is 3.25. The Morgan fingerprint density at radius 2 is 1.80 bits per heavy atom. The van der Waals surface area contributed by atoms with Crippen molar-refractivity contribution in [3.63, 3.8) is 0 Å². The molecule has 30 heavy (non-hydrogen) atoms. The summed E-state index contributed by atoms with van der Waals surface area (Å²) < 4.78 is 0. The van der Waals surface area contributed by atoms with Crippen molar-refractivity contribution >= 4 is 23.2 Å². The Morgan fingerprint density at radius 1 is 1.10 bits per heavy atom. The minimum absolute atomic E-state index is 0.0792. The molecule has 8 heteroatoms. The molecule has 2 aromatic rings. The van der Waals surface area contributed by atoms with Crippen molar-refractivity contribution in [2.24, 2.45) is 4.99 Å². The summed E-state index contributed by atoms with van der Waals surface area (Å²) in [6.07, 6.45) is 0. The Kier molecular flexibility index (Phi) is 10.3. The van der Waals surface area contributed by atoms with Crippen molar-refractivity contribution < 1.29 is 4.79 Å². The molecule has 0 saturated heterocycles. The largest absolute Gasteiger partial charge is 0.357 e. The van der Waals surface area contributed by atoms with Crippen molar-refractivity contribution in [2.75, 3.05) is 39.3 Å². The highest BCUT2D eigenvalue weighted by molar-refractivity contribution is 7.11. The fraction of sp³-hybridized carbons (Fsp3) is 0.500. The number of nitrogens with one attached hydrogen (secondary N) is 3. The molecule has 3 N–H and O–H groups in total. The molecule has 1 amide bonds. The molecule has 0 saturated carbocycles. The molecule has 1 atom stereocenters. The summed E-state index contributed by atoms with van der Waals surface area (Å²) in [6, 6.07) is 10.7. The lowest BCUT2D eigenvalue weighted by atomic mass is 10.1. The van der Waals surface area contributed by atoms with Gasteiger partial charge in [-0.1, -0.05) is 44.2 Å². The summed E-state index contributed by atoms with van der Waals surface area (Å²) in [5.74, 6) is 0.679. The number of likely N-dealkylation sites (N-methyl/N-ethyl adjacent to an activating group) is 1. The highest BCUT2D eigenvalue weighted by Crippen LogP contribution is 2.20. The first-order chi connectivity index (χ1) is 14.6. The Labute approximate surface area is 184 Å². The summed E-state index contributed by atoms with van der Waals surface area (Å²) >= 11 is 1.36. The van der Waals surface area contributed by atoms with Crippen LogP contribution in [0.25, 0.3) is 0 Å². The van der Waals surface area contributed by atoms with Crippen LogP contribution in [0.2, 0.25) is 0 Å². The number of nitrogens with zero attached hydrogens (tertiary/aromatic N) is 3. The second-order valence-corrected chi connectivity index (χ2v) is 7.67. The first-order valence-electron chi connectivity index (χ1n) is 10.6. The Bertz CT molecular complexity index is 788. The number of aryl methyl sites for hydroxylation is 1. The number of hydrogen-bond acceptors (Lipinski definition) is 5. The van der Waals surface area contributed by atoms with Crippen LogP contribution in [0.4, 0.5) is 0 Å². The number of aliphatic imine (C=N–C) groups is 1. The molecule has 1 unspecified atom stereocenters. The van der Waals surface area contributed by atoms with Gasteiger partial charge in [-0.2, -0.15) is 0 Å². The molecule has 1 aromatic heterocycles. The fourth-order valence-corrected chi connectivity index (χ4v) is 3.97. The maximum Gasteiger partial charge on any atom is 0.263 e. The molecular weight excluding hydrogens is 396 g/mol. The van der Waals surface area contributed by atoms with E-state index < -0.39 is 0 Å². The number of carbonyl (C=O) groups excluding carboxylic acids is 1. The number of amides is 1. The van der Waals surface area contributed by atoms with Gasteiger partial charge in [0.25, 0.3) is 5.91 Å². The van der Waals surface area contributed by atoms with Crippen LogP contribution in [0.5, 0.6) is 0 Å². The van der Waals surface area contributed by atoms with Crippen LogP contribution < -0.4 is 16.0 Å². The number of carbonyl (C=O) groups is 1. The minimum Gasteiger partial charge on any atom is -0.357 e. The third-order valence-corrected chi connectivity index (χ3v) is 5.79. The molecule has 0 fully saturated rings. The predicted octanol–water partition coefficient (Wildman–Crippen LogP) is 2.82. The third-order valence-electron chi connectivity index (χ3n) is 4.86. The van der Waals surface area contributed by atoms with Gasteiger partial charge in [0, 0.05) is 19.6 Å². The number of aromatic nitrogens is 1. The van der Waals surface area contributed by atoms with Crippen LogP contribution in [0.3, 0.4) is 0 Å². The van der Waals surface area contributed by atoms with E-state index in [1.54, 1.807) is 5.51 Å². The van der Waals surface area contributed by atoms with E-state index in [0.29, 0.717) is 24.5 Å². The molecule has 1 aromatic carbocycles. The number of guanidine groups is 1. The van der Waals surface area contributed by atoms with E-state index in [0.717, 1.165) is 31.3 Å². The molecule has 2 rings (SSSR count). The van der Waals surface area contributed by atoms with Crippen molar-refractivity contribution in [1.29, 1.82) is 0 Å². The van der Waals surface area contributed by atoms with Gasteiger partial charge in [0.15, 0.2) is 5.96 Å². The quantitative estimate of drug-likeness (QED) is 0.290. The summed E-state index contributed by atoms with van der Waals surface area (Å²) in [6.45, 7) is 12.7. The van der Waals surface area contributed by atoms with Crippen molar-refractivity contribution in [3.8, 4) is 0 Å². The van der Waals surface area contributed by atoms with Gasteiger partial charge in [0.05, 0.1) is 23.8 Å². The summed E-state index contributed by atoms with van der Waals surface area (Å²) in [5.41, 5.74) is 3.73. The maximum atomic E-state index is 12.2. The van der Waals surface area contributed by atoms with Crippen LogP contribution in [-0.4, -0.2) is 61.0 Å². The first-order valence-corrected chi connectivity index (χ1v) is 11.5. The van der Waals surface area contributed by atoms with E-state index in [-0.39, 0.29) is 11.9 Å². The van der Waals surface area contributed by atoms with E-state index in [1.165, 1.54) is 16.9 Å². The number of rotatable bonds is 11. The number of benzene rings is 1. The first kappa shape index (κ1) is 23.8. The zero-order valence-corrected chi connectivity index (χ0v) is 19.3. The summed E-state index contributed by atoms with van der Waals surface area (Å²) in [5, 5.41) is 9.53. The van der Waals surface area contributed by atoms with Crippen LogP contribution in [0.15, 0.2) is 40.8 Å². The van der Waals surface area contributed by atoms with E-state index in [9.17, 15) is 4.79 Å². The van der Waals surface area contributed by atoms with E-state index >= 15 is 0 Å². The van der Waals surface area contributed by atoms with Crippen LogP contribution in [0, 0.1) is 6.92 Å². The zero-order chi connectivity index (χ0) is 21.8. The SMILES string of the molecule is CCNC(=NCC(c1ccccc1)N(CC)CC)NCCNC(=O)c1scnc1C. The maximum absolute atomic E-state index is 12.2. The lowest BCUT2D eigenvalue weighted by Gasteiger charge is -2.29. The Morgan fingerprint density at radius 3 is 2.40 bits per heavy atom. The molecule has 1 heterocycles. The van der Waals surface area contributed by atoms with Gasteiger partial charge >= 0.3 is 0 Å². The zero-order valence-electron chi connectivity index (χ0n) is 18.4. The average molecular weight is 431 g/mol. The third kappa shape index (κ3) is 7.11. The topological polar surface area (TPSA) is 81.7 Å². The van der Waals surface area contributed by atoms with Gasteiger partial charge < -0.3 is 16.0 Å². The molecule has 0 bridgehead atoms. The van der Waals surface area contributed by atoms with Crippen molar-refractivity contribution in [1.82, 2.24) is 25.8 Å². The number of thiazole rings is 1. The molecule has 0 radical (unpaired) electrons. The van der Waals surface area contributed by atoms with E-state index in [2.05, 4.69) is 63.9 Å². The lowest BCUT2D eigenvalue weighted by molar-refractivity contribution is 0.0957. The molecule has 0 aliphatic heterocycles. The van der Waals surface area contributed by atoms with Crippen LogP contribution in [0.1, 0.15) is 47.7 Å². The van der Waals surface area contributed by atoms with Gasteiger partial charge in [-0.05, 0) is 32.5 Å².